The van der Waals surface area contributed by atoms with Crippen molar-refractivity contribution in [3.8, 4) is 11.4 Å². The lowest BCUT2D eigenvalue weighted by molar-refractivity contribution is -0.107. The minimum absolute atomic E-state index is 0.00530. The maximum atomic E-state index is 13.9. The van der Waals surface area contributed by atoms with Gasteiger partial charge in [0.2, 0.25) is 0 Å². The number of aliphatic hydroxyl groups is 1. The normalized spacial score (nSPS) is 10.4. The standard InChI is InChI=1S/C20H16F2N2O3.C20H14F2N2O3.C3H8/c2*21-13-3-6-15(17(22)11-13)19(27)16-7-8-18(26)24(20(16)23)14-4-1-12(2-5-14)9-10-25;1-3-2/h1-8,11,25H,9-10,23H2;1-8,10-11H,9,23H2;3H2,1-2H3. The second-order valence-electron chi connectivity index (χ2n) is 12.4. The van der Waals surface area contributed by atoms with Crippen LogP contribution in [-0.2, 0) is 17.6 Å². The van der Waals surface area contributed by atoms with Crippen LogP contribution in [-0.4, -0.2) is 38.7 Å². The Kier molecular flexibility index (Phi) is 14.7. The molecule has 0 radical (unpaired) electrons. The van der Waals surface area contributed by atoms with Crippen molar-refractivity contribution >= 4 is 29.5 Å². The number of halogens is 4. The van der Waals surface area contributed by atoms with Gasteiger partial charge in [-0.1, -0.05) is 44.5 Å². The summed E-state index contributed by atoms with van der Waals surface area (Å²) in [5, 5.41) is 8.97. The molecule has 0 unspecified atom stereocenters. The van der Waals surface area contributed by atoms with Crippen molar-refractivity contribution in [2.75, 3.05) is 18.1 Å². The summed E-state index contributed by atoms with van der Waals surface area (Å²) in [6, 6.07) is 23.2. The van der Waals surface area contributed by atoms with E-state index in [-0.39, 0.29) is 46.9 Å². The molecule has 4 aromatic carbocycles. The molecule has 0 aliphatic heterocycles. The first-order valence-corrected chi connectivity index (χ1v) is 17.5. The van der Waals surface area contributed by atoms with Crippen LogP contribution in [0.2, 0.25) is 0 Å². The van der Waals surface area contributed by atoms with Crippen LogP contribution < -0.4 is 22.6 Å². The number of rotatable bonds is 10. The third kappa shape index (κ3) is 10.2. The molecule has 0 aliphatic rings. The van der Waals surface area contributed by atoms with E-state index in [0.717, 1.165) is 62.9 Å². The van der Waals surface area contributed by atoms with E-state index < -0.39 is 46.0 Å². The third-order valence-electron chi connectivity index (χ3n) is 8.21. The molecule has 57 heavy (non-hydrogen) atoms. The lowest BCUT2D eigenvalue weighted by Crippen LogP contribution is -2.23. The van der Waals surface area contributed by atoms with E-state index in [1.54, 1.807) is 48.5 Å². The lowest BCUT2D eigenvalue weighted by Gasteiger charge is -2.14. The van der Waals surface area contributed by atoms with Crippen molar-refractivity contribution < 1.29 is 37.1 Å². The Bertz CT molecular complexity index is 2520. The van der Waals surface area contributed by atoms with Gasteiger partial charge in [0.05, 0.1) is 33.6 Å². The number of ketones is 2. The SMILES string of the molecule is CCC.Nc1c(C(=O)c2ccc(F)cc2F)ccc(=O)n1-c1ccc(CC=O)cc1.Nc1c(C(=O)c2ccc(F)cc2F)ccc(=O)n1-c1ccc(CCO)cc1. The van der Waals surface area contributed by atoms with Crippen LogP contribution in [0.25, 0.3) is 11.4 Å². The number of nitrogen functional groups attached to an aromatic ring is 2. The van der Waals surface area contributed by atoms with E-state index in [9.17, 15) is 41.5 Å². The molecule has 0 saturated heterocycles. The largest absolute Gasteiger partial charge is 0.396 e. The molecule has 294 valence electrons. The molecule has 2 aromatic heterocycles. The predicted molar refractivity (Wildman–Crippen MR) is 209 cm³/mol. The highest BCUT2D eigenvalue weighted by atomic mass is 19.1. The van der Waals surface area contributed by atoms with Crippen molar-refractivity contribution in [3.63, 3.8) is 0 Å². The number of hydrogen-bond donors (Lipinski definition) is 3. The average Bonchev–Trinajstić information content (AvgIpc) is 3.17. The number of nitrogens with two attached hydrogens (primary N) is 2. The average molecular weight is 783 g/mol. The van der Waals surface area contributed by atoms with E-state index in [0.29, 0.717) is 29.9 Å². The van der Waals surface area contributed by atoms with E-state index in [4.69, 9.17) is 16.6 Å². The van der Waals surface area contributed by atoms with Crippen LogP contribution in [0.15, 0.2) is 119 Å². The fourth-order valence-corrected chi connectivity index (χ4v) is 5.48. The van der Waals surface area contributed by atoms with Gasteiger partial charge in [-0.2, -0.15) is 0 Å². The number of carbonyl (C=O) groups is 3. The first-order valence-electron chi connectivity index (χ1n) is 17.5. The van der Waals surface area contributed by atoms with Gasteiger partial charge < -0.3 is 21.4 Å². The number of anilines is 2. The maximum absolute atomic E-state index is 13.9. The highest BCUT2D eigenvalue weighted by Gasteiger charge is 2.21. The Balaban J connectivity index is 0.000000236. The van der Waals surface area contributed by atoms with Gasteiger partial charge in [-0.15, -0.1) is 0 Å². The fourth-order valence-electron chi connectivity index (χ4n) is 5.48. The van der Waals surface area contributed by atoms with Crippen LogP contribution in [0, 0.1) is 23.3 Å². The number of nitrogens with zero attached hydrogens (tertiary/aromatic N) is 2. The van der Waals surface area contributed by atoms with Crippen LogP contribution in [0.1, 0.15) is 63.2 Å². The summed E-state index contributed by atoms with van der Waals surface area (Å²) < 4.78 is 56.3. The molecule has 0 bridgehead atoms. The van der Waals surface area contributed by atoms with Gasteiger partial charge in [-0.05, 0) is 78.2 Å². The molecule has 0 spiro atoms. The zero-order valence-corrected chi connectivity index (χ0v) is 30.8. The molecule has 6 rings (SSSR count). The number of benzene rings is 4. The van der Waals surface area contributed by atoms with Crippen molar-refractivity contribution in [2.45, 2.75) is 33.1 Å². The smallest absolute Gasteiger partial charge is 0.256 e. The fraction of sp³-hybridized carbons (Fsp3) is 0.140. The van der Waals surface area contributed by atoms with E-state index in [1.807, 2.05) is 0 Å². The molecule has 10 nitrogen and oxygen atoms in total. The second kappa shape index (κ2) is 19.6. The zero-order valence-electron chi connectivity index (χ0n) is 30.8. The summed E-state index contributed by atoms with van der Waals surface area (Å²) in [4.78, 5) is 60.4. The number of hydrogen-bond acceptors (Lipinski definition) is 8. The van der Waals surface area contributed by atoms with Gasteiger partial charge in [-0.25, -0.2) is 17.6 Å². The second-order valence-corrected chi connectivity index (χ2v) is 12.4. The molecule has 2 heterocycles. The van der Waals surface area contributed by atoms with Crippen molar-refractivity contribution in [1.29, 1.82) is 0 Å². The molecular formula is C43H38F4N4O6. The molecule has 0 atom stereocenters. The monoisotopic (exact) mass is 782 g/mol. The van der Waals surface area contributed by atoms with E-state index in [2.05, 4.69) is 13.8 Å². The molecule has 0 aliphatic carbocycles. The molecule has 0 saturated carbocycles. The summed E-state index contributed by atoms with van der Waals surface area (Å²) in [5.74, 6) is -5.47. The van der Waals surface area contributed by atoms with Gasteiger partial charge in [0.15, 0.2) is 11.6 Å². The Morgan fingerprint density at radius 2 is 0.965 bits per heavy atom. The Labute approximate surface area is 324 Å². The summed E-state index contributed by atoms with van der Waals surface area (Å²) in [7, 11) is 0. The third-order valence-corrected chi connectivity index (χ3v) is 8.21. The first-order chi connectivity index (χ1) is 27.3. The highest BCUT2D eigenvalue weighted by Crippen LogP contribution is 2.23. The quantitative estimate of drug-likeness (QED) is 0.0799. The molecule has 14 heteroatoms. The molecule has 0 amide bonds. The minimum Gasteiger partial charge on any atom is -0.396 e. The lowest BCUT2D eigenvalue weighted by atomic mass is 10.0. The molecule has 6 aromatic rings. The molecular weight excluding hydrogens is 744 g/mol. The van der Waals surface area contributed by atoms with E-state index in [1.165, 1.54) is 18.6 Å². The summed E-state index contributed by atoms with van der Waals surface area (Å²) in [5.41, 5.74) is 12.7. The number of aliphatic hydroxyl groups excluding tert-OH is 1. The summed E-state index contributed by atoms with van der Waals surface area (Å²) in [6.07, 6.45) is 2.70. The van der Waals surface area contributed by atoms with Crippen LogP contribution in [0.3, 0.4) is 0 Å². The Morgan fingerprint density at radius 3 is 1.32 bits per heavy atom. The van der Waals surface area contributed by atoms with Gasteiger partial charge in [0.25, 0.3) is 11.1 Å². The van der Waals surface area contributed by atoms with Crippen LogP contribution >= 0.6 is 0 Å². The summed E-state index contributed by atoms with van der Waals surface area (Å²) in [6.45, 7) is 4.24. The van der Waals surface area contributed by atoms with Crippen molar-refractivity contribution in [2.24, 2.45) is 0 Å². The predicted octanol–water partition coefficient (Wildman–Crippen LogP) is 6.55. The van der Waals surface area contributed by atoms with Gasteiger partial charge in [-0.3, -0.25) is 28.3 Å². The van der Waals surface area contributed by atoms with Crippen molar-refractivity contribution in [3.05, 3.63) is 187 Å². The minimum atomic E-state index is -1.02. The number of aldehydes is 1. The van der Waals surface area contributed by atoms with E-state index >= 15 is 0 Å². The number of pyridine rings is 2. The zero-order chi connectivity index (χ0) is 41.8. The number of aromatic nitrogens is 2. The Morgan fingerprint density at radius 1 is 0.596 bits per heavy atom. The maximum Gasteiger partial charge on any atom is 0.256 e. The molecule has 5 N–H and O–H groups in total. The van der Waals surface area contributed by atoms with Crippen molar-refractivity contribution in [1.82, 2.24) is 9.13 Å². The number of carbonyl (C=O) groups excluding carboxylic acids is 3. The van der Waals surface area contributed by atoms with Crippen LogP contribution in [0.4, 0.5) is 29.2 Å². The highest BCUT2D eigenvalue weighted by molar-refractivity contribution is 6.12. The molecule has 0 fully saturated rings. The topological polar surface area (TPSA) is 167 Å². The van der Waals surface area contributed by atoms with Gasteiger partial charge in [0.1, 0.15) is 41.2 Å². The van der Waals surface area contributed by atoms with Crippen LogP contribution in [0.5, 0.6) is 0 Å². The Hall–Kier alpha value is -6.93. The first kappa shape index (κ1) is 42.8. The summed E-state index contributed by atoms with van der Waals surface area (Å²) >= 11 is 0. The van der Waals surface area contributed by atoms with Gasteiger partial charge >= 0.3 is 0 Å². The van der Waals surface area contributed by atoms with Gasteiger partial charge in [0, 0.05) is 37.3 Å².